The lowest BCUT2D eigenvalue weighted by Gasteiger charge is -2.11. The zero-order valence-electron chi connectivity index (χ0n) is 12.9. The average molecular weight is 339 g/mol. The maximum Gasteiger partial charge on any atom is 0.319 e. The fourth-order valence-electron chi connectivity index (χ4n) is 2.48. The van der Waals surface area contributed by atoms with Gasteiger partial charge in [-0.2, -0.15) is 0 Å². The maximum absolute atomic E-state index is 12.1. The highest BCUT2D eigenvalue weighted by molar-refractivity contribution is 5.93. The van der Waals surface area contributed by atoms with Crippen molar-refractivity contribution in [1.82, 2.24) is 5.32 Å². The molecule has 7 heteroatoms. The molecule has 126 valence electrons. The van der Waals surface area contributed by atoms with Crippen LogP contribution in [-0.2, 0) is 4.79 Å². The first-order valence-corrected chi connectivity index (χ1v) is 7.40. The van der Waals surface area contributed by atoms with Crippen molar-refractivity contribution in [3.8, 4) is 0 Å². The summed E-state index contributed by atoms with van der Waals surface area (Å²) >= 11 is 0. The summed E-state index contributed by atoms with van der Waals surface area (Å²) in [7, 11) is 0. The second kappa shape index (κ2) is 9.17. The standard InChI is InChI=1S/C16H22N4O2.ClH/c1-2-9-18-16(22)20-14-7-5-13(6-8-14)19-15(21)11-3-4-12(17)10-11;/h2,5-8,11-12H,1,3-4,9-10,17H2,(H,19,21)(H2,18,20,22);1H. The predicted molar refractivity (Wildman–Crippen MR) is 94.9 cm³/mol. The van der Waals surface area contributed by atoms with Gasteiger partial charge < -0.3 is 21.7 Å². The summed E-state index contributed by atoms with van der Waals surface area (Å²) in [6, 6.07) is 6.84. The minimum absolute atomic E-state index is 0. The third kappa shape index (κ3) is 5.92. The van der Waals surface area contributed by atoms with Crippen LogP contribution in [0.4, 0.5) is 16.2 Å². The summed E-state index contributed by atoms with van der Waals surface area (Å²) < 4.78 is 0. The number of nitrogens with one attached hydrogen (secondary N) is 3. The van der Waals surface area contributed by atoms with Crippen molar-refractivity contribution >= 4 is 35.7 Å². The van der Waals surface area contributed by atoms with E-state index in [1.165, 1.54) is 0 Å². The Kier molecular flexibility index (Phi) is 7.57. The predicted octanol–water partition coefficient (Wildman–Crippen LogP) is 2.48. The molecule has 0 bridgehead atoms. The summed E-state index contributed by atoms with van der Waals surface area (Å²) in [6.07, 6.45) is 4.10. The fraction of sp³-hybridized carbons (Fsp3) is 0.375. The largest absolute Gasteiger partial charge is 0.334 e. The monoisotopic (exact) mass is 338 g/mol. The molecule has 2 unspecified atom stereocenters. The van der Waals surface area contributed by atoms with Gasteiger partial charge in [-0.05, 0) is 43.5 Å². The number of nitrogens with two attached hydrogens (primary N) is 1. The summed E-state index contributed by atoms with van der Waals surface area (Å²) in [5.41, 5.74) is 7.19. The number of rotatable bonds is 5. The van der Waals surface area contributed by atoms with Crippen LogP contribution in [0.1, 0.15) is 19.3 Å². The highest BCUT2D eigenvalue weighted by atomic mass is 35.5. The van der Waals surface area contributed by atoms with Crippen LogP contribution in [0.5, 0.6) is 0 Å². The van der Waals surface area contributed by atoms with Crippen molar-refractivity contribution in [2.75, 3.05) is 17.2 Å². The lowest BCUT2D eigenvalue weighted by Crippen LogP contribution is -2.28. The first-order chi connectivity index (χ1) is 10.6. The summed E-state index contributed by atoms with van der Waals surface area (Å²) in [5.74, 6) is 0.00914. The summed E-state index contributed by atoms with van der Waals surface area (Å²) in [4.78, 5) is 23.6. The van der Waals surface area contributed by atoms with Gasteiger partial charge in [0, 0.05) is 29.9 Å². The number of anilines is 2. The molecule has 0 aromatic heterocycles. The van der Waals surface area contributed by atoms with Crippen LogP contribution >= 0.6 is 12.4 Å². The molecule has 0 radical (unpaired) electrons. The van der Waals surface area contributed by atoms with E-state index in [4.69, 9.17) is 5.73 Å². The quantitative estimate of drug-likeness (QED) is 0.621. The molecule has 5 N–H and O–H groups in total. The molecule has 1 aromatic carbocycles. The van der Waals surface area contributed by atoms with Crippen molar-refractivity contribution in [3.63, 3.8) is 0 Å². The summed E-state index contributed by atoms with van der Waals surface area (Å²) in [6.45, 7) is 3.93. The Labute approximate surface area is 142 Å². The van der Waals surface area contributed by atoms with Crippen molar-refractivity contribution in [3.05, 3.63) is 36.9 Å². The van der Waals surface area contributed by atoms with Gasteiger partial charge in [0.2, 0.25) is 5.91 Å². The molecule has 1 aliphatic carbocycles. The van der Waals surface area contributed by atoms with Gasteiger partial charge in [-0.1, -0.05) is 6.08 Å². The van der Waals surface area contributed by atoms with Crippen LogP contribution in [0.2, 0.25) is 0 Å². The van der Waals surface area contributed by atoms with Gasteiger partial charge in [-0.3, -0.25) is 4.79 Å². The number of hydrogen-bond donors (Lipinski definition) is 4. The zero-order chi connectivity index (χ0) is 15.9. The Hall–Kier alpha value is -2.05. The number of halogens is 1. The molecule has 1 fully saturated rings. The molecular formula is C16H23ClN4O2. The highest BCUT2D eigenvalue weighted by Crippen LogP contribution is 2.25. The lowest BCUT2D eigenvalue weighted by atomic mass is 10.1. The first kappa shape index (κ1) is 19.0. The van der Waals surface area contributed by atoms with Crippen LogP contribution in [0, 0.1) is 5.92 Å². The number of benzene rings is 1. The fourth-order valence-corrected chi connectivity index (χ4v) is 2.48. The Morgan fingerprint density at radius 1 is 1.17 bits per heavy atom. The van der Waals surface area contributed by atoms with Crippen molar-refractivity contribution in [2.24, 2.45) is 11.7 Å². The Bertz CT molecular complexity index is 548. The van der Waals surface area contributed by atoms with E-state index in [2.05, 4.69) is 22.5 Å². The molecule has 0 spiro atoms. The molecule has 0 heterocycles. The molecule has 1 aromatic rings. The second-order valence-electron chi connectivity index (χ2n) is 5.46. The number of hydrogen-bond acceptors (Lipinski definition) is 3. The van der Waals surface area contributed by atoms with Crippen LogP contribution in [0.3, 0.4) is 0 Å². The van der Waals surface area contributed by atoms with Crippen LogP contribution in [0.15, 0.2) is 36.9 Å². The number of urea groups is 1. The second-order valence-corrected chi connectivity index (χ2v) is 5.46. The van der Waals surface area contributed by atoms with Gasteiger partial charge >= 0.3 is 6.03 Å². The van der Waals surface area contributed by atoms with E-state index in [-0.39, 0.29) is 36.3 Å². The van der Waals surface area contributed by atoms with Crippen molar-refractivity contribution in [1.29, 1.82) is 0 Å². The Morgan fingerprint density at radius 3 is 2.30 bits per heavy atom. The molecule has 2 atom stereocenters. The van der Waals surface area contributed by atoms with Gasteiger partial charge in [-0.25, -0.2) is 4.79 Å². The SMILES string of the molecule is C=CCNC(=O)Nc1ccc(NC(=O)C2CCC(N)C2)cc1.Cl. The van der Waals surface area contributed by atoms with E-state index in [0.717, 1.165) is 19.3 Å². The van der Waals surface area contributed by atoms with Gasteiger partial charge in [0.15, 0.2) is 0 Å². The Morgan fingerprint density at radius 2 is 1.78 bits per heavy atom. The first-order valence-electron chi connectivity index (χ1n) is 7.40. The average Bonchev–Trinajstić information content (AvgIpc) is 2.94. The van der Waals surface area contributed by atoms with E-state index in [1.807, 2.05) is 0 Å². The van der Waals surface area contributed by atoms with Gasteiger partial charge in [0.05, 0.1) is 0 Å². The van der Waals surface area contributed by atoms with Gasteiger partial charge in [0.1, 0.15) is 0 Å². The van der Waals surface area contributed by atoms with Crippen LogP contribution in [0.25, 0.3) is 0 Å². The molecule has 0 saturated heterocycles. The Balaban J connectivity index is 0.00000264. The van der Waals surface area contributed by atoms with E-state index >= 15 is 0 Å². The van der Waals surface area contributed by atoms with Gasteiger partial charge in [0.25, 0.3) is 0 Å². The number of amides is 3. The third-order valence-corrected chi connectivity index (χ3v) is 3.66. The molecule has 2 rings (SSSR count). The minimum atomic E-state index is -0.295. The zero-order valence-corrected chi connectivity index (χ0v) is 13.7. The molecule has 1 aliphatic rings. The molecule has 0 aliphatic heterocycles. The highest BCUT2D eigenvalue weighted by Gasteiger charge is 2.27. The van der Waals surface area contributed by atoms with Crippen molar-refractivity contribution in [2.45, 2.75) is 25.3 Å². The van der Waals surface area contributed by atoms with Crippen LogP contribution < -0.4 is 21.7 Å². The number of carbonyl (C=O) groups is 2. The van der Waals surface area contributed by atoms with E-state index in [1.54, 1.807) is 30.3 Å². The third-order valence-electron chi connectivity index (χ3n) is 3.66. The molecular weight excluding hydrogens is 316 g/mol. The lowest BCUT2D eigenvalue weighted by molar-refractivity contribution is -0.119. The smallest absolute Gasteiger partial charge is 0.319 e. The number of carbonyl (C=O) groups excluding carboxylic acids is 2. The molecule has 1 saturated carbocycles. The van der Waals surface area contributed by atoms with Gasteiger partial charge in [-0.15, -0.1) is 19.0 Å². The normalized spacial score (nSPS) is 19.3. The minimum Gasteiger partial charge on any atom is -0.334 e. The van der Waals surface area contributed by atoms with Crippen LogP contribution in [-0.4, -0.2) is 24.5 Å². The van der Waals surface area contributed by atoms with E-state index < -0.39 is 0 Å². The van der Waals surface area contributed by atoms with Crippen molar-refractivity contribution < 1.29 is 9.59 Å². The molecule has 3 amide bonds. The molecule has 23 heavy (non-hydrogen) atoms. The van der Waals surface area contributed by atoms with E-state index in [9.17, 15) is 9.59 Å². The maximum atomic E-state index is 12.1. The van der Waals surface area contributed by atoms with E-state index in [0.29, 0.717) is 17.9 Å². The topological polar surface area (TPSA) is 96.2 Å². The molecule has 6 nitrogen and oxygen atoms in total. The summed E-state index contributed by atoms with van der Waals surface area (Å²) in [5, 5.41) is 8.19.